The van der Waals surface area contributed by atoms with Gasteiger partial charge in [0, 0.05) is 5.69 Å². The van der Waals surface area contributed by atoms with Crippen molar-refractivity contribution in [3.8, 4) is 0 Å². The number of benzene rings is 2. The molecule has 0 fully saturated rings. The highest BCUT2D eigenvalue weighted by Gasteiger charge is 2.10. The monoisotopic (exact) mass is 449 g/mol. The van der Waals surface area contributed by atoms with Crippen molar-refractivity contribution in [2.45, 2.75) is 13.0 Å². The molecule has 4 N–H and O–H groups in total. The van der Waals surface area contributed by atoms with E-state index in [1.165, 1.54) is 12.1 Å². The van der Waals surface area contributed by atoms with Gasteiger partial charge in [-0.2, -0.15) is 0 Å². The van der Waals surface area contributed by atoms with Crippen LogP contribution in [0.1, 0.15) is 17.2 Å². The number of aliphatic hydroxyl groups excluding tert-OH is 1. The van der Waals surface area contributed by atoms with Gasteiger partial charge < -0.3 is 16.2 Å². The molecule has 0 aromatic heterocycles. The topological polar surface area (TPSA) is 70.6 Å². The number of nitrogens with two attached hydrogens (primary N) is 1. The first-order chi connectivity index (χ1) is 10.5. The summed E-state index contributed by atoms with van der Waals surface area (Å²) in [6, 6.07) is 11.8. The smallest absolute Gasteiger partial charge is 0.193 e. The number of rotatable bonds is 4. The van der Waals surface area contributed by atoms with Crippen LogP contribution in [0.25, 0.3) is 0 Å². The molecule has 0 amide bonds. The second-order valence-electron chi connectivity index (χ2n) is 4.91. The molecule has 2 rings (SSSR count). The second kappa shape index (κ2) is 9.05. The van der Waals surface area contributed by atoms with Crippen LogP contribution in [-0.2, 0) is 0 Å². The summed E-state index contributed by atoms with van der Waals surface area (Å²) in [5.41, 5.74) is 8.07. The Morgan fingerprint density at radius 1 is 1.35 bits per heavy atom. The Kier molecular flexibility index (Phi) is 7.74. The van der Waals surface area contributed by atoms with E-state index in [0.717, 1.165) is 11.3 Å². The van der Waals surface area contributed by atoms with Gasteiger partial charge in [0.1, 0.15) is 5.82 Å². The van der Waals surface area contributed by atoms with E-state index in [0.29, 0.717) is 5.56 Å². The third-order valence-electron chi connectivity index (χ3n) is 3.05. The third-order valence-corrected chi connectivity index (χ3v) is 3.36. The molecule has 124 valence electrons. The minimum Gasteiger partial charge on any atom is -0.386 e. The number of guanidine groups is 1. The zero-order valence-corrected chi connectivity index (χ0v) is 15.5. The molecule has 2 aromatic carbocycles. The van der Waals surface area contributed by atoms with Gasteiger partial charge in [0.15, 0.2) is 5.96 Å². The molecule has 0 saturated heterocycles. The maximum atomic E-state index is 13.3. The van der Waals surface area contributed by atoms with Gasteiger partial charge in [0.05, 0.1) is 17.7 Å². The Balaban J connectivity index is 0.00000264. The predicted molar refractivity (Wildman–Crippen MR) is 103 cm³/mol. The van der Waals surface area contributed by atoms with Crippen molar-refractivity contribution >= 4 is 47.2 Å². The van der Waals surface area contributed by atoms with Gasteiger partial charge in [0.2, 0.25) is 0 Å². The molecule has 2 aromatic rings. The third kappa shape index (κ3) is 5.96. The molecule has 0 spiro atoms. The van der Waals surface area contributed by atoms with E-state index in [-0.39, 0.29) is 41.5 Å². The summed E-state index contributed by atoms with van der Waals surface area (Å²) in [6.07, 6.45) is -0.954. The van der Waals surface area contributed by atoms with Crippen molar-refractivity contribution in [1.82, 2.24) is 0 Å². The highest BCUT2D eigenvalue weighted by Crippen LogP contribution is 2.20. The van der Waals surface area contributed by atoms with E-state index in [1.807, 2.05) is 31.2 Å². The molecule has 0 aliphatic heterocycles. The SMILES string of the molecule is Cc1cccc(NC(N)=NCC(O)c2ccc(Cl)c(F)c2)c1.I. The van der Waals surface area contributed by atoms with E-state index in [2.05, 4.69) is 10.3 Å². The van der Waals surface area contributed by atoms with Crippen molar-refractivity contribution in [3.63, 3.8) is 0 Å². The molecule has 0 aliphatic carbocycles. The van der Waals surface area contributed by atoms with Crippen LogP contribution in [0.5, 0.6) is 0 Å². The summed E-state index contributed by atoms with van der Waals surface area (Å²) in [6.45, 7) is 1.99. The van der Waals surface area contributed by atoms with Gasteiger partial charge in [-0.1, -0.05) is 29.8 Å². The summed E-state index contributed by atoms with van der Waals surface area (Å²) >= 11 is 5.60. The molecule has 0 radical (unpaired) electrons. The second-order valence-corrected chi connectivity index (χ2v) is 5.32. The minimum absolute atomic E-state index is 0. The molecule has 23 heavy (non-hydrogen) atoms. The normalized spacial score (nSPS) is 12.4. The van der Waals surface area contributed by atoms with Gasteiger partial charge in [-0.05, 0) is 42.3 Å². The highest BCUT2D eigenvalue weighted by molar-refractivity contribution is 14.0. The largest absolute Gasteiger partial charge is 0.386 e. The lowest BCUT2D eigenvalue weighted by Crippen LogP contribution is -2.23. The molecule has 0 saturated carbocycles. The Labute approximate surface area is 156 Å². The molecule has 0 aliphatic rings. The fraction of sp³-hybridized carbons (Fsp3) is 0.188. The summed E-state index contributed by atoms with van der Waals surface area (Å²) in [5.74, 6) is -0.396. The van der Waals surface area contributed by atoms with E-state index in [1.54, 1.807) is 6.07 Å². The molecular weight excluding hydrogens is 432 g/mol. The number of aliphatic hydroxyl groups is 1. The molecule has 1 unspecified atom stereocenters. The number of anilines is 1. The van der Waals surface area contributed by atoms with Crippen LogP contribution < -0.4 is 11.1 Å². The number of aryl methyl sites for hydroxylation is 1. The summed E-state index contributed by atoms with van der Waals surface area (Å²) in [7, 11) is 0. The fourth-order valence-electron chi connectivity index (χ4n) is 1.92. The summed E-state index contributed by atoms with van der Waals surface area (Å²) < 4.78 is 13.3. The van der Waals surface area contributed by atoms with E-state index < -0.39 is 11.9 Å². The van der Waals surface area contributed by atoms with Crippen LogP contribution in [0, 0.1) is 12.7 Å². The van der Waals surface area contributed by atoms with Crippen molar-refractivity contribution in [3.05, 3.63) is 64.4 Å². The first kappa shape index (κ1) is 19.7. The van der Waals surface area contributed by atoms with Crippen LogP contribution >= 0.6 is 35.6 Å². The average Bonchev–Trinajstić information content (AvgIpc) is 2.47. The van der Waals surface area contributed by atoms with E-state index >= 15 is 0 Å². The van der Waals surface area contributed by atoms with E-state index in [4.69, 9.17) is 17.3 Å². The fourth-order valence-corrected chi connectivity index (χ4v) is 2.04. The number of aliphatic imine (C=N–C) groups is 1. The molecule has 1 atom stereocenters. The number of nitrogens with zero attached hydrogens (tertiary/aromatic N) is 1. The quantitative estimate of drug-likeness (QED) is 0.377. The van der Waals surface area contributed by atoms with Crippen molar-refractivity contribution < 1.29 is 9.50 Å². The lowest BCUT2D eigenvalue weighted by atomic mass is 10.1. The van der Waals surface area contributed by atoms with Gasteiger partial charge in [0.25, 0.3) is 0 Å². The molecule has 0 bridgehead atoms. The lowest BCUT2D eigenvalue weighted by molar-refractivity contribution is 0.187. The minimum atomic E-state index is -0.954. The lowest BCUT2D eigenvalue weighted by Gasteiger charge is -2.10. The molecule has 7 heteroatoms. The number of halogens is 3. The first-order valence-corrected chi connectivity index (χ1v) is 7.10. The van der Waals surface area contributed by atoms with Gasteiger partial charge in [-0.25, -0.2) is 4.39 Å². The summed E-state index contributed by atoms with van der Waals surface area (Å²) in [5, 5.41) is 12.9. The number of hydrogen-bond acceptors (Lipinski definition) is 2. The van der Waals surface area contributed by atoms with E-state index in [9.17, 15) is 9.50 Å². The zero-order chi connectivity index (χ0) is 16.1. The number of nitrogens with one attached hydrogen (secondary N) is 1. The van der Waals surface area contributed by atoms with Crippen LogP contribution in [0.3, 0.4) is 0 Å². The molecule has 0 heterocycles. The van der Waals surface area contributed by atoms with Crippen LogP contribution in [0.2, 0.25) is 5.02 Å². The van der Waals surface area contributed by atoms with Crippen LogP contribution in [0.15, 0.2) is 47.5 Å². The molecule has 4 nitrogen and oxygen atoms in total. The Morgan fingerprint density at radius 2 is 2.09 bits per heavy atom. The average molecular weight is 450 g/mol. The standard InChI is InChI=1S/C16H17ClFN3O.HI/c1-10-3-2-4-12(7-10)21-16(19)20-9-15(22)11-5-6-13(17)14(18)8-11;/h2-8,15,22H,9H2,1H3,(H3,19,20,21);1H. The van der Waals surface area contributed by atoms with Crippen molar-refractivity contribution in [2.24, 2.45) is 10.7 Å². The maximum Gasteiger partial charge on any atom is 0.193 e. The summed E-state index contributed by atoms with van der Waals surface area (Å²) in [4.78, 5) is 4.06. The molecular formula is C16H18ClFIN3O. The maximum absolute atomic E-state index is 13.3. The van der Waals surface area contributed by atoms with Gasteiger partial charge >= 0.3 is 0 Å². The number of hydrogen-bond donors (Lipinski definition) is 3. The Morgan fingerprint density at radius 3 is 2.74 bits per heavy atom. The first-order valence-electron chi connectivity index (χ1n) is 6.72. The Bertz CT molecular complexity index is 697. The van der Waals surface area contributed by atoms with Gasteiger partial charge in [-0.15, -0.1) is 24.0 Å². The van der Waals surface area contributed by atoms with Crippen LogP contribution in [-0.4, -0.2) is 17.6 Å². The predicted octanol–water partition coefficient (Wildman–Crippen LogP) is 3.87. The highest BCUT2D eigenvalue weighted by atomic mass is 127. The van der Waals surface area contributed by atoms with Crippen molar-refractivity contribution in [1.29, 1.82) is 0 Å². The zero-order valence-electron chi connectivity index (χ0n) is 12.5. The Hall–Kier alpha value is -1.38. The van der Waals surface area contributed by atoms with Crippen molar-refractivity contribution in [2.75, 3.05) is 11.9 Å². The van der Waals surface area contributed by atoms with Gasteiger partial charge in [-0.3, -0.25) is 4.99 Å². The van der Waals surface area contributed by atoms with Crippen LogP contribution in [0.4, 0.5) is 10.1 Å².